The standard InChI is InChI=1S/C21H24ClN5O5/c1-24(2)13-14-3-5-15(6-4-14)20(28)23-17-12-18(16(22)11-19(17)27(31)32)25-7-9-26(10-8-25)21(29)30/h3-6,11-12H,7-10,13H2,1-2H3,(H,23,28)(H,29,30). The molecule has 3 rings (SSSR count). The van der Waals surface area contributed by atoms with Crippen molar-refractivity contribution in [2.45, 2.75) is 6.54 Å². The Kier molecular flexibility index (Phi) is 7.16. The first kappa shape index (κ1) is 23.3. The highest BCUT2D eigenvalue weighted by Gasteiger charge is 2.26. The van der Waals surface area contributed by atoms with Crippen molar-refractivity contribution >= 4 is 40.7 Å². The highest BCUT2D eigenvalue weighted by Crippen LogP contribution is 2.37. The van der Waals surface area contributed by atoms with Crippen molar-refractivity contribution in [1.29, 1.82) is 0 Å². The normalized spacial score (nSPS) is 13.9. The summed E-state index contributed by atoms with van der Waals surface area (Å²) in [5.41, 5.74) is 1.61. The zero-order chi connectivity index (χ0) is 23.4. The third kappa shape index (κ3) is 5.45. The fraction of sp³-hybridized carbons (Fsp3) is 0.333. The molecule has 0 spiro atoms. The largest absolute Gasteiger partial charge is 0.465 e. The predicted molar refractivity (Wildman–Crippen MR) is 122 cm³/mol. The summed E-state index contributed by atoms with van der Waals surface area (Å²) in [6, 6.07) is 9.67. The number of benzene rings is 2. The molecule has 0 aliphatic carbocycles. The number of hydrogen-bond donors (Lipinski definition) is 2. The average Bonchev–Trinajstić information content (AvgIpc) is 2.74. The summed E-state index contributed by atoms with van der Waals surface area (Å²) in [6.45, 7) is 2.05. The van der Waals surface area contributed by atoms with E-state index >= 15 is 0 Å². The number of anilines is 2. The minimum Gasteiger partial charge on any atom is -0.465 e. The van der Waals surface area contributed by atoms with Crippen molar-refractivity contribution in [2.75, 3.05) is 50.5 Å². The summed E-state index contributed by atoms with van der Waals surface area (Å²) >= 11 is 6.30. The predicted octanol–water partition coefficient (Wildman–Crippen LogP) is 3.36. The molecule has 1 aliphatic rings. The molecular formula is C21H24ClN5O5. The first-order valence-corrected chi connectivity index (χ1v) is 10.3. The van der Waals surface area contributed by atoms with Crippen LogP contribution in [0.15, 0.2) is 36.4 Å². The molecule has 0 radical (unpaired) electrons. The number of hydrogen-bond acceptors (Lipinski definition) is 6. The molecule has 0 bridgehead atoms. The number of halogens is 1. The molecule has 1 heterocycles. The van der Waals surface area contributed by atoms with Crippen molar-refractivity contribution in [3.63, 3.8) is 0 Å². The molecule has 0 atom stereocenters. The van der Waals surface area contributed by atoms with Gasteiger partial charge in [0.05, 0.1) is 15.6 Å². The fourth-order valence-electron chi connectivity index (χ4n) is 3.50. The number of carboxylic acid groups (broad SMARTS) is 1. The third-order valence-corrected chi connectivity index (χ3v) is 5.42. The number of rotatable bonds is 6. The Hall–Kier alpha value is -3.37. The van der Waals surface area contributed by atoms with Crippen LogP contribution in [-0.4, -0.2) is 72.1 Å². The molecule has 2 aromatic carbocycles. The van der Waals surface area contributed by atoms with E-state index in [4.69, 9.17) is 16.7 Å². The highest BCUT2D eigenvalue weighted by molar-refractivity contribution is 6.33. The molecule has 1 aliphatic heterocycles. The Morgan fingerprint density at radius 3 is 2.31 bits per heavy atom. The second kappa shape index (κ2) is 9.84. The minimum absolute atomic E-state index is 0.0254. The number of nitro benzene ring substituents is 1. The number of carbonyl (C=O) groups excluding carboxylic acids is 1. The molecule has 32 heavy (non-hydrogen) atoms. The van der Waals surface area contributed by atoms with Gasteiger partial charge in [0, 0.05) is 44.4 Å². The van der Waals surface area contributed by atoms with Crippen LogP contribution in [0.1, 0.15) is 15.9 Å². The zero-order valence-electron chi connectivity index (χ0n) is 17.7. The Labute approximate surface area is 190 Å². The molecule has 170 valence electrons. The van der Waals surface area contributed by atoms with Crippen LogP contribution >= 0.6 is 11.6 Å². The molecule has 2 N–H and O–H groups in total. The number of carbonyl (C=O) groups is 2. The Bertz CT molecular complexity index is 1020. The Balaban J connectivity index is 1.83. The monoisotopic (exact) mass is 461 g/mol. The van der Waals surface area contributed by atoms with Gasteiger partial charge in [0.1, 0.15) is 5.69 Å². The third-order valence-electron chi connectivity index (χ3n) is 5.12. The number of nitrogens with zero attached hydrogens (tertiary/aromatic N) is 4. The topological polar surface area (TPSA) is 119 Å². The molecule has 0 unspecified atom stereocenters. The summed E-state index contributed by atoms with van der Waals surface area (Å²) < 4.78 is 0. The van der Waals surface area contributed by atoms with Crippen molar-refractivity contribution in [3.8, 4) is 0 Å². The summed E-state index contributed by atoms with van der Waals surface area (Å²) in [5.74, 6) is -0.478. The minimum atomic E-state index is -0.996. The van der Waals surface area contributed by atoms with Crippen LogP contribution in [0.3, 0.4) is 0 Å². The lowest BCUT2D eigenvalue weighted by Crippen LogP contribution is -2.48. The van der Waals surface area contributed by atoms with Gasteiger partial charge in [-0.3, -0.25) is 14.9 Å². The van der Waals surface area contributed by atoms with Gasteiger partial charge in [0.2, 0.25) is 0 Å². The fourth-order valence-corrected chi connectivity index (χ4v) is 3.78. The molecule has 2 aromatic rings. The van der Waals surface area contributed by atoms with Crippen LogP contribution < -0.4 is 10.2 Å². The summed E-state index contributed by atoms with van der Waals surface area (Å²) in [4.78, 5) is 40.0. The van der Waals surface area contributed by atoms with Crippen LogP contribution in [0.4, 0.5) is 21.9 Å². The van der Waals surface area contributed by atoms with Gasteiger partial charge in [-0.25, -0.2) is 4.79 Å². The maximum Gasteiger partial charge on any atom is 0.407 e. The molecule has 0 saturated carbocycles. The molecule has 10 nitrogen and oxygen atoms in total. The van der Waals surface area contributed by atoms with Gasteiger partial charge in [-0.1, -0.05) is 23.7 Å². The lowest BCUT2D eigenvalue weighted by atomic mass is 10.1. The summed E-state index contributed by atoms with van der Waals surface area (Å²) in [7, 11) is 3.89. The maximum absolute atomic E-state index is 12.8. The van der Waals surface area contributed by atoms with Crippen molar-refractivity contribution in [1.82, 2.24) is 9.80 Å². The van der Waals surface area contributed by atoms with Gasteiger partial charge in [0.25, 0.3) is 11.6 Å². The first-order chi connectivity index (χ1) is 15.2. The number of piperazine rings is 1. The van der Waals surface area contributed by atoms with Crippen LogP contribution in [0.2, 0.25) is 5.02 Å². The SMILES string of the molecule is CN(C)Cc1ccc(C(=O)Nc2cc(N3CCN(C(=O)O)CC3)c(Cl)cc2[N+](=O)[O-])cc1. The number of nitro groups is 1. The molecule has 11 heteroatoms. The van der Waals surface area contributed by atoms with E-state index in [9.17, 15) is 19.7 Å². The van der Waals surface area contributed by atoms with Gasteiger partial charge < -0.3 is 25.1 Å². The average molecular weight is 462 g/mol. The van der Waals surface area contributed by atoms with Crippen molar-refractivity contribution in [3.05, 3.63) is 62.7 Å². The van der Waals surface area contributed by atoms with Gasteiger partial charge in [0.15, 0.2) is 0 Å². The summed E-state index contributed by atoms with van der Waals surface area (Å²) in [5, 5.41) is 23.4. The quantitative estimate of drug-likeness (QED) is 0.500. The highest BCUT2D eigenvalue weighted by atomic mass is 35.5. The molecule has 1 fully saturated rings. The van der Waals surface area contributed by atoms with Crippen molar-refractivity contribution < 1.29 is 19.6 Å². The number of amides is 2. The molecule has 2 amide bonds. The van der Waals surface area contributed by atoms with E-state index in [1.165, 1.54) is 17.0 Å². The van der Waals surface area contributed by atoms with E-state index in [-0.39, 0.29) is 29.5 Å². The second-order valence-corrected chi connectivity index (χ2v) is 8.13. The molecular weight excluding hydrogens is 438 g/mol. The zero-order valence-corrected chi connectivity index (χ0v) is 18.5. The van der Waals surface area contributed by atoms with Gasteiger partial charge in [-0.2, -0.15) is 0 Å². The lowest BCUT2D eigenvalue weighted by molar-refractivity contribution is -0.383. The van der Waals surface area contributed by atoms with Crippen molar-refractivity contribution in [2.24, 2.45) is 0 Å². The van der Waals surface area contributed by atoms with E-state index in [0.717, 1.165) is 12.1 Å². The van der Waals surface area contributed by atoms with Crippen LogP contribution in [-0.2, 0) is 6.54 Å². The van der Waals surface area contributed by atoms with E-state index in [0.29, 0.717) is 24.3 Å². The summed E-state index contributed by atoms with van der Waals surface area (Å²) in [6.07, 6.45) is -0.996. The molecule has 1 saturated heterocycles. The van der Waals surface area contributed by atoms with E-state index < -0.39 is 16.9 Å². The van der Waals surface area contributed by atoms with E-state index in [1.54, 1.807) is 12.1 Å². The van der Waals surface area contributed by atoms with Gasteiger partial charge in [-0.15, -0.1) is 0 Å². The van der Waals surface area contributed by atoms with Gasteiger partial charge >= 0.3 is 6.09 Å². The van der Waals surface area contributed by atoms with Gasteiger partial charge in [-0.05, 0) is 37.9 Å². The Morgan fingerprint density at radius 1 is 1.16 bits per heavy atom. The van der Waals surface area contributed by atoms with Crippen LogP contribution in [0.5, 0.6) is 0 Å². The van der Waals surface area contributed by atoms with Crippen LogP contribution in [0, 0.1) is 10.1 Å². The lowest BCUT2D eigenvalue weighted by Gasteiger charge is -2.35. The maximum atomic E-state index is 12.8. The van der Waals surface area contributed by atoms with E-state index in [1.807, 2.05) is 36.0 Å². The smallest absolute Gasteiger partial charge is 0.407 e. The Morgan fingerprint density at radius 2 is 1.78 bits per heavy atom. The second-order valence-electron chi connectivity index (χ2n) is 7.72. The van der Waals surface area contributed by atoms with E-state index in [2.05, 4.69) is 5.32 Å². The van der Waals surface area contributed by atoms with Crippen LogP contribution in [0.25, 0.3) is 0 Å². The first-order valence-electron chi connectivity index (χ1n) is 9.91. The molecule has 0 aromatic heterocycles. The number of nitrogens with one attached hydrogen (secondary N) is 1.